The van der Waals surface area contributed by atoms with Crippen LogP contribution >= 0.6 is 15.9 Å². The Morgan fingerprint density at radius 1 is 1.30 bits per heavy atom. The minimum Gasteiger partial charge on any atom is -0.334 e. The number of hydrogen-bond donors (Lipinski definition) is 0. The molecular weight excluding hydrogens is 322 g/mol. The number of carbonyl (C=O) groups excluding carboxylic acids is 1. The summed E-state index contributed by atoms with van der Waals surface area (Å²) in [4.78, 5) is 14.0. The predicted molar refractivity (Wildman–Crippen MR) is 79.3 cm³/mol. The summed E-state index contributed by atoms with van der Waals surface area (Å²) in [5, 5.41) is 8.64. The third-order valence-corrected chi connectivity index (χ3v) is 3.59. The van der Waals surface area contributed by atoms with Gasteiger partial charge in [-0.15, -0.1) is 0 Å². The largest absolute Gasteiger partial charge is 0.334 e. The van der Waals surface area contributed by atoms with Gasteiger partial charge < -0.3 is 4.90 Å². The number of rotatable bonds is 5. The van der Waals surface area contributed by atoms with Gasteiger partial charge in [-0.25, -0.2) is 0 Å². The lowest BCUT2D eigenvalue weighted by Gasteiger charge is -2.14. The van der Waals surface area contributed by atoms with Gasteiger partial charge in [-0.3, -0.25) is 14.2 Å². The van der Waals surface area contributed by atoms with Crippen molar-refractivity contribution in [3.05, 3.63) is 34.3 Å². The zero-order valence-electron chi connectivity index (χ0n) is 11.9. The lowest BCUT2D eigenvalue weighted by molar-refractivity contribution is 0.0775. The molecule has 0 aliphatic rings. The maximum atomic E-state index is 12.4. The molecule has 0 atom stereocenters. The predicted octanol–water partition coefficient (Wildman–Crippen LogP) is 2.15. The fraction of sp³-hybridized carbons (Fsp3) is 0.462. The summed E-state index contributed by atoms with van der Waals surface area (Å²) in [5.41, 5.74) is 1.30. The Morgan fingerprint density at radius 3 is 2.55 bits per heavy atom. The summed E-state index contributed by atoms with van der Waals surface area (Å²) in [6.07, 6.45) is 3.72. The molecule has 2 heterocycles. The van der Waals surface area contributed by atoms with E-state index in [2.05, 4.69) is 26.1 Å². The number of halogens is 1. The van der Waals surface area contributed by atoms with E-state index in [1.54, 1.807) is 16.6 Å². The van der Waals surface area contributed by atoms with Crippen molar-refractivity contribution in [1.82, 2.24) is 24.5 Å². The second kappa shape index (κ2) is 6.21. The fourth-order valence-electron chi connectivity index (χ4n) is 1.86. The van der Waals surface area contributed by atoms with Crippen LogP contribution in [0.4, 0.5) is 0 Å². The Balaban J connectivity index is 2.09. The van der Waals surface area contributed by atoms with Crippen LogP contribution in [-0.4, -0.2) is 37.4 Å². The average molecular weight is 340 g/mol. The first-order chi connectivity index (χ1) is 9.55. The molecule has 0 saturated carbocycles. The summed E-state index contributed by atoms with van der Waals surface area (Å²) in [6, 6.07) is 1.92. The minimum absolute atomic E-state index is 0.116. The number of carbonyl (C=O) groups is 1. The smallest absolute Gasteiger partial charge is 0.275 e. The van der Waals surface area contributed by atoms with Gasteiger partial charge in [0.1, 0.15) is 0 Å². The van der Waals surface area contributed by atoms with Gasteiger partial charge in [0.15, 0.2) is 5.69 Å². The Hall–Kier alpha value is -1.63. The molecule has 1 amide bonds. The molecule has 2 aromatic heterocycles. The first-order valence-electron chi connectivity index (χ1n) is 6.55. The van der Waals surface area contributed by atoms with E-state index in [0.29, 0.717) is 12.2 Å². The Kier molecular flexibility index (Phi) is 4.59. The highest BCUT2D eigenvalue weighted by Crippen LogP contribution is 2.17. The van der Waals surface area contributed by atoms with Gasteiger partial charge in [0.2, 0.25) is 0 Å². The molecule has 2 aromatic rings. The SMILES string of the molecule is CCn1ccc(CN(C)C(=O)c2nn(CC)cc2Br)n1. The van der Waals surface area contributed by atoms with Crippen molar-refractivity contribution in [3.63, 3.8) is 0 Å². The number of aromatic nitrogens is 4. The van der Waals surface area contributed by atoms with Crippen molar-refractivity contribution in [1.29, 1.82) is 0 Å². The van der Waals surface area contributed by atoms with Crippen molar-refractivity contribution in [2.75, 3.05) is 7.05 Å². The number of nitrogens with zero attached hydrogens (tertiary/aromatic N) is 5. The normalized spacial score (nSPS) is 10.8. The fourth-order valence-corrected chi connectivity index (χ4v) is 2.35. The van der Waals surface area contributed by atoms with Crippen molar-refractivity contribution in [2.45, 2.75) is 33.5 Å². The van der Waals surface area contributed by atoms with Crippen LogP contribution in [0.1, 0.15) is 30.0 Å². The van der Waals surface area contributed by atoms with E-state index >= 15 is 0 Å². The van der Waals surface area contributed by atoms with Crippen LogP contribution < -0.4 is 0 Å². The highest BCUT2D eigenvalue weighted by molar-refractivity contribution is 9.10. The van der Waals surface area contributed by atoms with Crippen LogP contribution in [0.5, 0.6) is 0 Å². The van der Waals surface area contributed by atoms with E-state index in [-0.39, 0.29) is 5.91 Å². The van der Waals surface area contributed by atoms with E-state index < -0.39 is 0 Å². The lowest BCUT2D eigenvalue weighted by atomic mass is 10.3. The van der Waals surface area contributed by atoms with Gasteiger partial charge in [0, 0.05) is 32.5 Å². The van der Waals surface area contributed by atoms with E-state index in [9.17, 15) is 4.79 Å². The molecule has 0 saturated heterocycles. The quantitative estimate of drug-likeness (QED) is 0.838. The number of aryl methyl sites for hydroxylation is 2. The molecule has 7 heteroatoms. The van der Waals surface area contributed by atoms with E-state index in [0.717, 1.165) is 23.3 Å². The molecule has 0 N–H and O–H groups in total. The highest BCUT2D eigenvalue weighted by atomic mass is 79.9. The van der Waals surface area contributed by atoms with E-state index in [1.807, 2.05) is 37.0 Å². The Morgan fingerprint density at radius 2 is 2.00 bits per heavy atom. The molecule has 0 radical (unpaired) electrons. The molecule has 0 bridgehead atoms. The topological polar surface area (TPSA) is 56.0 Å². The standard InChI is InChI=1S/C13H18BrN5O/c1-4-18-7-6-10(15-18)8-17(3)13(20)12-11(14)9-19(5-2)16-12/h6-7,9H,4-5,8H2,1-3H3. The summed E-state index contributed by atoms with van der Waals surface area (Å²) < 4.78 is 4.29. The molecular formula is C13H18BrN5O. The van der Waals surface area contributed by atoms with Crippen molar-refractivity contribution >= 4 is 21.8 Å². The molecule has 0 aliphatic carbocycles. The number of hydrogen-bond acceptors (Lipinski definition) is 3. The van der Waals surface area contributed by atoms with Gasteiger partial charge in [-0.05, 0) is 35.8 Å². The molecule has 6 nitrogen and oxygen atoms in total. The molecule has 0 aromatic carbocycles. The van der Waals surface area contributed by atoms with Crippen LogP contribution in [0.25, 0.3) is 0 Å². The third kappa shape index (κ3) is 3.09. The summed E-state index contributed by atoms with van der Waals surface area (Å²) in [5.74, 6) is -0.116. The Labute approximate surface area is 126 Å². The van der Waals surface area contributed by atoms with Gasteiger partial charge >= 0.3 is 0 Å². The Bertz CT molecular complexity index is 604. The monoisotopic (exact) mass is 339 g/mol. The lowest BCUT2D eigenvalue weighted by Crippen LogP contribution is -2.27. The van der Waals surface area contributed by atoms with Crippen LogP contribution in [0.2, 0.25) is 0 Å². The first-order valence-corrected chi connectivity index (χ1v) is 7.35. The van der Waals surface area contributed by atoms with Crippen LogP contribution in [0, 0.1) is 0 Å². The minimum atomic E-state index is -0.116. The third-order valence-electron chi connectivity index (χ3n) is 3.01. The van der Waals surface area contributed by atoms with Crippen LogP contribution in [-0.2, 0) is 19.6 Å². The summed E-state index contributed by atoms with van der Waals surface area (Å²) >= 11 is 3.38. The first kappa shape index (κ1) is 14.8. The van der Waals surface area contributed by atoms with Crippen molar-refractivity contribution < 1.29 is 4.79 Å². The second-order valence-corrected chi connectivity index (χ2v) is 5.36. The maximum Gasteiger partial charge on any atom is 0.275 e. The number of amides is 1. The van der Waals surface area contributed by atoms with Crippen LogP contribution in [0.15, 0.2) is 22.9 Å². The molecule has 108 valence electrons. The second-order valence-electron chi connectivity index (χ2n) is 4.51. The zero-order chi connectivity index (χ0) is 14.7. The van der Waals surface area contributed by atoms with Crippen molar-refractivity contribution in [3.8, 4) is 0 Å². The highest BCUT2D eigenvalue weighted by Gasteiger charge is 2.19. The summed E-state index contributed by atoms with van der Waals surface area (Å²) in [6.45, 7) is 6.03. The van der Waals surface area contributed by atoms with Crippen molar-refractivity contribution in [2.24, 2.45) is 0 Å². The molecule has 20 heavy (non-hydrogen) atoms. The average Bonchev–Trinajstić information content (AvgIpc) is 3.04. The summed E-state index contributed by atoms with van der Waals surface area (Å²) in [7, 11) is 1.75. The van der Waals surface area contributed by atoms with Gasteiger partial charge in [-0.1, -0.05) is 0 Å². The molecule has 0 unspecified atom stereocenters. The van der Waals surface area contributed by atoms with E-state index in [1.165, 1.54) is 0 Å². The molecule has 0 spiro atoms. The van der Waals surface area contributed by atoms with Gasteiger partial charge in [-0.2, -0.15) is 10.2 Å². The van der Waals surface area contributed by atoms with Gasteiger partial charge in [0.25, 0.3) is 5.91 Å². The van der Waals surface area contributed by atoms with Crippen LogP contribution in [0.3, 0.4) is 0 Å². The molecule has 0 fully saturated rings. The van der Waals surface area contributed by atoms with E-state index in [4.69, 9.17) is 0 Å². The molecule has 2 rings (SSSR count). The zero-order valence-corrected chi connectivity index (χ0v) is 13.5. The molecule has 0 aliphatic heterocycles. The maximum absolute atomic E-state index is 12.4. The van der Waals surface area contributed by atoms with Gasteiger partial charge in [0.05, 0.1) is 16.7 Å².